The highest BCUT2D eigenvalue weighted by atomic mass is 19.1. The Morgan fingerprint density at radius 3 is 2.63 bits per heavy atom. The molecule has 12 nitrogen and oxygen atoms in total. The lowest BCUT2D eigenvalue weighted by Crippen LogP contribution is -2.58. The number of nitrogens with zero attached hydrogens (tertiary/aromatic N) is 7. The van der Waals surface area contributed by atoms with Crippen molar-refractivity contribution >= 4 is 29.2 Å². The quantitative estimate of drug-likeness (QED) is 0.213. The third-order valence-electron chi connectivity index (χ3n) is 11.6. The number of amides is 3. The minimum absolute atomic E-state index is 0.0415. The van der Waals surface area contributed by atoms with Crippen LogP contribution in [0.5, 0.6) is 0 Å². The molecular formula is C41H42FN9O3. The van der Waals surface area contributed by atoms with Gasteiger partial charge in [-0.3, -0.25) is 24.6 Å². The van der Waals surface area contributed by atoms with Crippen LogP contribution in [0.1, 0.15) is 84.3 Å². The molecule has 3 aromatic heterocycles. The molecule has 4 unspecified atom stereocenters. The van der Waals surface area contributed by atoms with Crippen LogP contribution < -0.4 is 15.5 Å². The van der Waals surface area contributed by atoms with Crippen LogP contribution >= 0.6 is 0 Å². The first-order chi connectivity index (χ1) is 26.4. The molecule has 54 heavy (non-hydrogen) atoms. The zero-order valence-electron chi connectivity index (χ0n) is 30.1. The molecule has 7 heterocycles. The smallest absolute Gasteiger partial charge is 0.255 e. The lowest BCUT2D eigenvalue weighted by atomic mass is 9.91. The SMILES string of the molecule is CCC(C1c2ccccc2C(=O)N1C1CCC(=O)NC1=O)N1CCNCC1c1cccc(-c2c(N3CCC[C@@H]3c3cccc(F)c3)nc3cccnn23)n1. The van der Waals surface area contributed by atoms with E-state index in [1.54, 1.807) is 23.2 Å². The second kappa shape index (κ2) is 14.0. The number of piperidine rings is 1. The number of aromatic nitrogens is 4. The molecule has 0 saturated carbocycles. The van der Waals surface area contributed by atoms with Gasteiger partial charge in [0.25, 0.3) is 5.91 Å². The number of nitrogens with one attached hydrogen (secondary N) is 2. The monoisotopic (exact) mass is 727 g/mol. The predicted octanol–water partition coefficient (Wildman–Crippen LogP) is 5.00. The minimum atomic E-state index is -0.743. The summed E-state index contributed by atoms with van der Waals surface area (Å²) in [6, 6.07) is 22.9. The van der Waals surface area contributed by atoms with Gasteiger partial charge in [0.2, 0.25) is 11.8 Å². The maximum absolute atomic E-state index is 14.4. The Morgan fingerprint density at radius 2 is 1.78 bits per heavy atom. The zero-order chi connectivity index (χ0) is 36.9. The maximum atomic E-state index is 14.4. The molecule has 3 fully saturated rings. The van der Waals surface area contributed by atoms with Crippen molar-refractivity contribution in [2.75, 3.05) is 31.1 Å². The van der Waals surface area contributed by atoms with Crippen molar-refractivity contribution in [2.45, 2.75) is 69.2 Å². The van der Waals surface area contributed by atoms with Gasteiger partial charge in [-0.25, -0.2) is 18.9 Å². The molecular weight excluding hydrogens is 686 g/mol. The molecule has 4 aliphatic rings. The van der Waals surface area contributed by atoms with Crippen molar-refractivity contribution in [3.63, 3.8) is 0 Å². The third-order valence-corrected chi connectivity index (χ3v) is 11.6. The Bertz CT molecular complexity index is 2260. The van der Waals surface area contributed by atoms with Gasteiger partial charge in [-0.2, -0.15) is 5.10 Å². The molecule has 0 aliphatic carbocycles. The van der Waals surface area contributed by atoms with E-state index in [2.05, 4.69) is 27.4 Å². The maximum Gasteiger partial charge on any atom is 0.255 e. The Kier molecular flexibility index (Phi) is 8.90. The van der Waals surface area contributed by atoms with Crippen LogP contribution in [0.2, 0.25) is 0 Å². The summed E-state index contributed by atoms with van der Waals surface area (Å²) in [6.45, 7) is 4.99. The summed E-state index contributed by atoms with van der Waals surface area (Å²) in [4.78, 5) is 56.5. The lowest BCUT2D eigenvalue weighted by molar-refractivity contribution is -0.138. The van der Waals surface area contributed by atoms with Crippen LogP contribution in [0.15, 0.2) is 85.1 Å². The fraction of sp³-hybridized carbons (Fsp3) is 0.366. The highest BCUT2D eigenvalue weighted by Gasteiger charge is 2.49. The van der Waals surface area contributed by atoms with E-state index in [0.29, 0.717) is 37.1 Å². The highest BCUT2D eigenvalue weighted by Crippen LogP contribution is 2.44. The number of halogens is 1. The number of imidazole rings is 1. The second-order valence-electron chi connectivity index (χ2n) is 14.6. The van der Waals surface area contributed by atoms with E-state index in [4.69, 9.17) is 15.1 Å². The van der Waals surface area contributed by atoms with Crippen LogP contribution in [0.3, 0.4) is 0 Å². The topological polar surface area (TPSA) is 128 Å². The Labute approximate surface area is 312 Å². The Balaban J connectivity index is 1.10. The summed E-state index contributed by atoms with van der Waals surface area (Å²) in [5.74, 6) is -0.408. The molecule has 5 aromatic rings. The van der Waals surface area contributed by atoms with Crippen LogP contribution in [0, 0.1) is 5.82 Å². The summed E-state index contributed by atoms with van der Waals surface area (Å²) in [5, 5.41) is 10.8. The molecule has 3 saturated heterocycles. The average molecular weight is 728 g/mol. The van der Waals surface area contributed by atoms with Gasteiger partial charge in [-0.15, -0.1) is 0 Å². The zero-order valence-corrected chi connectivity index (χ0v) is 30.1. The number of carbonyl (C=O) groups is 3. The fourth-order valence-corrected chi connectivity index (χ4v) is 9.22. The van der Waals surface area contributed by atoms with Crippen LogP contribution in [0.25, 0.3) is 17.0 Å². The van der Waals surface area contributed by atoms with Crippen molar-refractivity contribution in [1.29, 1.82) is 0 Å². The highest BCUT2D eigenvalue weighted by molar-refractivity contribution is 6.06. The molecule has 9 rings (SSSR count). The van der Waals surface area contributed by atoms with Crippen molar-refractivity contribution < 1.29 is 18.8 Å². The van der Waals surface area contributed by atoms with Gasteiger partial charge in [-0.1, -0.05) is 43.3 Å². The lowest BCUT2D eigenvalue weighted by Gasteiger charge is -2.46. The molecule has 5 atom stereocenters. The van der Waals surface area contributed by atoms with Gasteiger partial charge in [0.15, 0.2) is 11.5 Å². The molecule has 0 bridgehead atoms. The number of piperazine rings is 1. The number of imide groups is 1. The summed E-state index contributed by atoms with van der Waals surface area (Å²) in [5.41, 5.74) is 5.48. The van der Waals surface area contributed by atoms with E-state index in [1.165, 1.54) is 6.07 Å². The van der Waals surface area contributed by atoms with Gasteiger partial charge in [-0.05, 0) is 79.3 Å². The predicted molar refractivity (Wildman–Crippen MR) is 200 cm³/mol. The Morgan fingerprint density at radius 1 is 0.907 bits per heavy atom. The van der Waals surface area contributed by atoms with Crippen LogP contribution in [-0.2, 0) is 9.59 Å². The normalized spacial score (nSPS) is 23.9. The van der Waals surface area contributed by atoms with E-state index >= 15 is 0 Å². The standard InChI is InChI=1S/C41H42FN9O3/c1-2-31(37-27-11-3-4-12-28(27)41(54)50(37)33-17-18-36(52)47-40(33)53)48-22-20-43-24-34(48)29-13-6-14-30(45-29)38-39(46-35-16-7-19-44-51(35)38)49-21-8-15-32(49)25-9-5-10-26(42)23-25/h3-7,9-14,16,19,23,31-34,37,43H,2,8,15,17-18,20-22,24H2,1H3,(H,47,52,53)/t31?,32-,33?,34?,37?/m1/s1. The molecule has 276 valence electrons. The number of pyridine rings is 1. The molecule has 4 aliphatic heterocycles. The van der Waals surface area contributed by atoms with Gasteiger partial charge in [0, 0.05) is 50.4 Å². The first-order valence-electron chi connectivity index (χ1n) is 19.0. The first-order valence-corrected chi connectivity index (χ1v) is 19.0. The number of benzene rings is 2. The third kappa shape index (κ3) is 5.82. The van der Waals surface area contributed by atoms with Gasteiger partial charge < -0.3 is 15.1 Å². The molecule has 13 heteroatoms. The van der Waals surface area contributed by atoms with E-state index in [-0.39, 0.29) is 42.2 Å². The first kappa shape index (κ1) is 34.3. The van der Waals surface area contributed by atoms with E-state index in [0.717, 1.165) is 60.0 Å². The molecule has 0 radical (unpaired) electrons. The second-order valence-corrected chi connectivity index (χ2v) is 14.6. The molecule has 2 aromatic carbocycles. The number of rotatable bonds is 8. The molecule has 0 spiro atoms. The van der Waals surface area contributed by atoms with Gasteiger partial charge >= 0.3 is 0 Å². The molecule has 2 N–H and O–H groups in total. The van der Waals surface area contributed by atoms with E-state index < -0.39 is 18.0 Å². The van der Waals surface area contributed by atoms with Crippen molar-refractivity contribution in [1.82, 2.24) is 40.0 Å². The fourth-order valence-electron chi connectivity index (χ4n) is 9.22. The van der Waals surface area contributed by atoms with Crippen molar-refractivity contribution in [3.8, 4) is 11.4 Å². The minimum Gasteiger partial charge on any atom is -0.348 e. The largest absolute Gasteiger partial charge is 0.348 e. The number of fused-ring (bicyclic) bond motifs is 2. The van der Waals surface area contributed by atoms with E-state index in [1.807, 2.05) is 65.2 Å². The van der Waals surface area contributed by atoms with E-state index in [9.17, 15) is 18.8 Å². The average Bonchev–Trinajstić information content (AvgIpc) is 3.91. The number of carbonyl (C=O) groups excluding carboxylic acids is 3. The Hall–Kier alpha value is -5.53. The molecule has 3 amide bonds. The summed E-state index contributed by atoms with van der Waals surface area (Å²) < 4.78 is 16.3. The van der Waals surface area contributed by atoms with Crippen molar-refractivity contribution in [3.05, 3.63) is 113 Å². The van der Waals surface area contributed by atoms with Crippen molar-refractivity contribution in [2.24, 2.45) is 0 Å². The van der Waals surface area contributed by atoms with Gasteiger partial charge in [0.1, 0.15) is 17.6 Å². The van der Waals surface area contributed by atoms with Crippen LogP contribution in [-0.4, -0.2) is 85.4 Å². The summed E-state index contributed by atoms with van der Waals surface area (Å²) >= 11 is 0. The number of hydrogen-bond donors (Lipinski definition) is 2. The van der Waals surface area contributed by atoms with Crippen LogP contribution in [0.4, 0.5) is 10.2 Å². The summed E-state index contributed by atoms with van der Waals surface area (Å²) in [7, 11) is 0. The number of anilines is 1. The summed E-state index contributed by atoms with van der Waals surface area (Å²) in [6.07, 6.45) is 4.75. The van der Waals surface area contributed by atoms with Gasteiger partial charge in [0.05, 0.1) is 29.5 Å². The number of hydrogen-bond acceptors (Lipinski definition) is 9.